The number of rotatable bonds is 6. The Morgan fingerprint density at radius 1 is 1.30 bits per heavy atom. The summed E-state index contributed by atoms with van der Waals surface area (Å²) in [5, 5.41) is 29.2. The maximum atomic E-state index is 12.2. The van der Waals surface area contributed by atoms with E-state index in [0.29, 0.717) is 16.9 Å². The Bertz CT molecular complexity index is 990. The Balaban J connectivity index is 1.71. The molecule has 9 nitrogen and oxygen atoms in total. The molecule has 1 N–H and O–H groups in total. The zero-order valence-corrected chi connectivity index (χ0v) is 14.9. The van der Waals surface area contributed by atoms with Gasteiger partial charge in [0, 0.05) is 24.3 Å². The molecule has 0 atom stereocenters. The van der Waals surface area contributed by atoms with Crippen molar-refractivity contribution < 1.29 is 24.0 Å². The summed E-state index contributed by atoms with van der Waals surface area (Å²) in [7, 11) is 0. The third-order valence-electron chi connectivity index (χ3n) is 3.62. The SMILES string of the molecule is Cc1ccc([N+](=O)[O-])cc1NC(=O)CSc1c([O-])on[n+]1-c1ccccc1. The number of non-ortho nitro benzene ring substituents is 1. The van der Waals surface area contributed by atoms with Gasteiger partial charge in [0.15, 0.2) is 5.95 Å². The summed E-state index contributed by atoms with van der Waals surface area (Å²) in [4.78, 5) is 22.6. The number of aromatic nitrogens is 2. The fourth-order valence-electron chi connectivity index (χ4n) is 2.27. The lowest BCUT2D eigenvalue weighted by atomic mass is 10.2. The fraction of sp³-hybridized carbons (Fsp3) is 0.118. The van der Waals surface area contributed by atoms with Crippen molar-refractivity contribution in [1.82, 2.24) is 5.27 Å². The summed E-state index contributed by atoms with van der Waals surface area (Å²) < 4.78 is 6.01. The van der Waals surface area contributed by atoms with Crippen molar-refractivity contribution in [3.63, 3.8) is 0 Å². The monoisotopic (exact) mass is 386 g/mol. The van der Waals surface area contributed by atoms with Gasteiger partial charge in [0.1, 0.15) is 0 Å². The van der Waals surface area contributed by atoms with Crippen molar-refractivity contribution in [2.75, 3.05) is 11.1 Å². The normalized spacial score (nSPS) is 10.6. The minimum absolute atomic E-state index is 0.0918. The van der Waals surface area contributed by atoms with Crippen LogP contribution in [0.5, 0.6) is 5.95 Å². The van der Waals surface area contributed by atoms with Gasteiger partial charge >= 0.3 is 0 Å². The number of nitrogens with zero attached hydrogens (tertiary/aromatic N) is 3. The minimum atomic E-state index is -0.650. The topological polar surface area (TPSA) is 125 Å². The predicted molar refractivity (Wildman–Crippen MR) is 94.7 cm³/mol. The Labute approximate surface area is 157 Å². The molecule has 0 aliphatic carbocycles. The summed E-state index contributed by atoms with van der Waals surface area (Å²) in [6.45, 7) is 1.73. The van der Waals surface area contributed by atoms with Gasteiger partial charge in [-0.2, -0.15) is 0 Å². The van der Waals surface area contributed by atoms with E-state index in [0.717, 1.165) is 11.8 Å². The summed E-state index contributed by atoms with van der Waals surface area (Å²) in [5.41, 5.74) is 1.54. The molecule has 3 rings (SSSR count). The molecule has 0 saturated carbocycles. The zero-order valence-electron chi connectivity index (χ0n) is 14.1. The molecular formula is C17H14N4O5S. The van der Waals surface area contributed by atoms with Crippen molar-refractivity contribution in [2.24, 2.45) is 0 Å². The third kappa shape index (κ3) is 4.23. The number of nitro benzene ring substituents is 1. The van der Waals surface area contributed by atoms with E-state index in [-0.39, 0.29) is 16.5 Å². The average Bonchev–Trinajstić information content (AvgIpc) is 3.03. The highest BCUT2D eigenvalue weighted by Crippen LogP contribution is 2.25. The van der Waals surface area contributed by atoms with Crippen LogP contribution >= 0.6 is 11.8 Å². The number of carbonyl (C=O) groups is 1. The first-order valence-electron chi connectivity index (χ1n) is 7.78. The van der Waals surface area contributed by atoms with E-state index in [4.69, 9.17) is 4.52 Å². The Morgan fingerprint density at radius 2 is 2.04 bits per heavy atom. The van der Waals surface area contributed by atoms with E-state index in [9.17, 15) is 20.0 Å². The van der Waals surface area contributed by atoms with Crippen LogP contribution in [0.4, 0.5) is 11.4 Å². The van der Waals surface area contributed by atoms with Crippen LogP contribution in [0.3, 0.4) is 0 Å². The zero-order chi connectivity index (χ0) is 19.4. The first-order chi connectivity index (χ1) is 13.0. The molecule has 2 aromatic carbocycles. The largest absolute Gasteiger partial charge is 0.538 e. The number of thioether (sulfide) groups is 1. The molecule has 0 fully saturated rings. The van der Waals surface area contributed by atoms with E-state index < -0.39 is 16.8 Å². The summed E-state index contributed by atoms with van der Waals surface area (Å²) in [6.07, 6.45) is 0. The number of aryl methyl sites for hydroxylation is 1. The minimum Gasteiger partial charge on any atom is -0.538 e. The summed E-state index contributed by atoms with van der Waals surface area (Å²) >= 11 is 0.967. The third-order valence-corrected chi connectivity index (χ3v) is 4.64. The van der Waals surface area contributed by atoms with Gasteiger partial charge < -0.3 is 14.9 Å². The van der Waals surface area contributed by atoms with Gasteiger partial charge in [-0.3, -0.25) is 14.9 Å². The van der Waals surface area contributed by atoms with Crippen molar-refractivity contribution in [1.29, 1.82) is 0 Å². The van der Waals surface area contributed by atoms with E-state index in [1.807, 2.05) is 6.07 Å². The molecule has 3 aromatic rings. The molecule has 1 heterocycles. The number of hydrogen-bond acceptors (Lipinski definition) is 7. The summed E-state index contributed by atoms with van der Waals surface area (Å²) in [6, 6.07) is 13.1. The van der Waals surface area contributed by atoms with Crippen LogP contribution in [0.2, 0.25) is 0 Å². The number of hydrogen-bond donors (Lipinski definition) is 1. The van der Waals surface area contributed by atoms with Gasteiger partial charge in [0.2, 0.25) is 11.6 Å². The number of carbonyl (C=O) groups excluding carboxylic acids is 1. The molecule has 10 heteroatoms. The number of amides is 1. The van der Waals surface area contributed by atoms with Gasteiger partial charge in [0.05, 0.1) is 21.6 Å². The quantitative estimate of drug-likeness (QED) is 0.297. The number of nitro groups is 1. The van der Waals surface area contributed by atoms with E-state index in [2.05, 4.69) is 10.6 Å². The molecule has 0 bridgehead atoms. The molecule has 1 amide bonds. The van der Waals surface area contributed by atoms with Crippen molar-refractivity contribution in [2.45, 2.75) is 11.9 Å². The van der Waals surface area contributed by atoms with E-state index >= 15 is 0 Å². The molecule has 0 saturated heterocycles. The van der Waals surface area contributed by atoms with E-state index in [1.54, 1.807) is 37.3 Å². The lowest BCUT2D eigenvalue weighted by Crippen LogP contribution is -2.35. The average molecular weight is 386 g/mol. The molecule has 27 heavy (non-hydrogen) atoms. The Morgan fingerprint density at radius 3 is 2.74 bits per heavy atom. The molecule has 0 spiro atoms. The smallest absolute Gasteiger partial charge is 0.298 e. The van der Waals surface area contributed by atoms with Gasteiger partial charge in [-0.15, -0.1) is 0 Å². The molecule has 138 valence electrons. The molecule has 0 unspecified atom stereocenters. The first-order valence-corrected chi connectivity index (χ1v) is 8.76. The van der Waals surface area contributed by atoms with Crippen molar-refractivity contribution in [3.05, 3.63) is 64.2 Å². The second kappa shape index (κ2) is 7.87. The van der Waals surface area contributed by atoms with Gasteiger partial charge in [-0.25, -0.2) is 0 Å². The highest BCUT2D eigenvalue weighted by atomic mass is 32.2. The van der Waals surface area contributed by atoms with Crippen LogP contribution in [0.15, 0.2) is 58.1 Å². The van der Waals surface area contributed by atoms with Gasteiger partial charge in [0.25, 0.3) is 10.7 Å². The second-order valence-electron chi connectivity index (χ2n) is 5.51. The van der Waals surface area contributed by atoms with Crippen molar-refractivity contribution >= 4 is 29.0 Å². The maximum absolute atomic E-state index is 12.2. The van der Waals surface area contributed by atoms with Crippen LogP contribution in [0.25, 0.3) is 5.69 Å². The van der Waals surface area contributed by atoms with Crippen LogP contribution in [0.1, 0.15) is 5.56 Å². The Kier molecular flexibility index (Phi) is 5.36. The van der Waals surface area contributed by atoms with E-state index in [1.165, 1.54) is 16.8 Å². The fourth-order valence-corrected chi connectivity index (χ4v) is 3.03. The number of para-hydroxylation sites is 1. The maximum Gasteiger partial charge on any atom is 0.298 e. The van der Waals surface area contributed by atoms with Crippen LogP contribution in [0, 0.1) is 17.0 Å². The molecule has 0 aliphatic rings. The lowest BCUT2D eigenvalue weighted by Gasteiger charge is -2.07. The number of anilines is 1. The highest BCUT2D eigenvalue weighted by molar-refractivity contribution is 7.99. The first kappa shape index (κ1) is 18.4. The van der Waals surface area contributed by atoms with Gasteiger partial charge in [-0.1, -0.05) is 24.3 Å². The Hall–Kier alpha value is -3.40. The number of nitrogens with one attached hydrogen (secondary N) is 1. The van der Waals surface area contributed by atoms with Crippen molar-refractivity contribution in [3.8, 4) is 11.6 Å². The van der Waals surface area contributed by atoms with Crippen LogP contribution < -0.4 is 15.1 Å². The predicted octanol–water partition coefficient (Wildman–Crippen LogP) is 1.97. The summed E-state index contributed by atoms with van der Waals surface area (Å²) in [5.74, 6) is -1.15. The number of benzene rings is 2. The second-order valence-corrected chi connectivity index (χ2v) is 6.47. The molecule has 1 aromatic heterocycles. The highest BCUT2D eigenvalue weighted by Gasteiger charge is 2.22. The molecule has 0 aliphatic heterocycles. The van der Waals surface area contributed by atoms with Crippen LogP contribution in [-0.2, 0) is 4.79 Å². The molecule has 0 radical (unpaired) electrons. The van der Waals surface area contributed by atoms with Gasteiger partial charge in [-0.05, 0) is 28.9 Å². The standard InChI is InChI=1S/C17H14N4O5S/c1-11-7-8-13(21(24)25)9-14(11)18-15(22)10-27-16-17(23)26-19-20(16)12-5-3-2-4-6-12/h2-9H,10H2,1H3,(H-,18,19,22,23). The molecular weight excluding hydrogens is 372 g/mol. The van der Waals surface area contributed by atoms with Crippen LogP contribution in [-0.4, -0.2) is 21.9 Å². The lowest BCUT2D eigenvalue weighted by molar-refractivity contribution is -0.705.